The molecular weight excluding hydrogens is 444 g/mol. The second-order valence-corrected chi connectivity index (χ2v) is 8.83. The lowest BCUT2D eigenvalue weighted by Crippen LogP contribution is -2.34. The second-order valence-electron chi connectivity index (χ2n) is 8.83. The Morgan fingerprint density at radius 1 is 0.800 bits per heavy atom. The third-order valence-corrected chi connectivity index (χ3v) is 6.16. The Bertz CT molecular complexity index is 964. The van der Waals surface area contributed by atoms with Crippen LogP contribution in [0.15, 0.2) is 48.5 Å². The van der Waals surface area contributed by atoms with Crippen molar-refractivity contribution in [3.8, 4) is 5.75 Å². The topological polar surface area (TPSA) is 93.7 Å². The van der Waals surface area contributed by atoms with Gasteiger partial charge in [0.1, 0.15) is 5.75 Å². The fourth-order valence-corrected chi connectivity index (χ4v) is 4.22. The number of benzene rings is 2. The van der Waals surface area contributed by atoms with E-state index in [1.807, 2.05) is 31.2 Å². The van der Waals surface area contributed by atoms with Gasteiger partial charge in [-0.25, -0.2) is 0 Å². The van der Waals surface area contributed by atoms with Gasteiger partial charge < -0.3 is 20.1 Å². The molecule has 0 aromatic heterocycles. The number of esters is 1. The van der Waals surface area contributed by atoms with Crippen LogP contribution in [-0.4, -0.2) is 43.6 Å². The van der Waals surface area contributed by atoms with Crippen molar-refractivity contribution in [1.82, 2.24) is 10.6 Å². The van der Waals surface area contributed by atoms with Gasteiger partial charge in [-0.05, 0) is 81.0 Å². The maximum Gasteiger partial charge on any atom is 0.308 e. The van der Waals surface area contributed by atoms with Crippen molar-refractivity contribution in [2.24, 2.45) is 5.92 Å². The molecule has 2 aromatic rings. The molecule has 1 aliphatic carbocycles. The number of nitrogens with one attached hydrogen (secondary N) is 2. The molecule has 0 heterocycles. The predicted molar refractivity (Wildman–Crippen MR) is 135 cm³/mol. The molecule has 1 aliphatic rings. The minimum absolute atomic E-state index is 0.0306. The summed E-state index contributed by atoms with van der Waals surface area (Å²) in [6.07, 6.45) is 5.28. The average molecular weight is 481 g/mol. The number of amides is 2. The van der Waals surface area contributed by atoms with Gasteiger partial charge in [0.2, 0.25) is 0 Å². The van der Waals surface area contributed by atoms with Crippen molar-refractivity contribution >= 4 is 17.8 Å². The normalized spacial score (nSPS) is 17.3. The Kier molecular flexibility index (Phi) is 10.1. The van der Waals surface area contributed by atoms with Crippen molar-refractivity contribution in [2.75, 3.05) is 19.7 Å². The van der Waals surface area contributed by atoms with Crippen LogP contribution in [-0.2, 0) is 16.0 Å². The summed E-state index contributed by atoms with van der Waals surface area (Å²) < 4.78 is 11.1. The molecule has 1 fully saturated rings. The molecule has 0 aliphatic heterocycles. The number of aryl methyl sites for hydroxylation is 1. The van der Waals surface area contributed by atoms with Crippen LogP contribution in [0, 0.1) is 5.92 Å². The van der Waals surface area contributed by atoms with Gasteiger partial charge in [0, 0.05) is 24.2 Å². The largest absolute Gasteiger partial charge is 0.490 e. The third kappa shape index (κ3) is 8.12. The summed E-state index contributed by atoms with van der Waals surface area (Å²) in [5.74, 6) is 0.210. The van der Waals surface area contributed by atoms with Crippen molar-refractivity contribution in [3.05, 3.63) is 65.2 Å². The smallest absolute Gasteiger partial charge is 0.308 e. The number of hydrogen-bond acceptors (Lipinski definition) is 5. The number of hydrogen-bond donors (Lipinski definition) is 2. The number of carbonyl (C=O) groups is 3. The lowest BCUT2D eigenvalue weighted by molar-refractivity contribution is -0.149. The minimum atomic E-state index is -0.204. The van der Waals surface area contributed by atoms with E-state index in [2.05, 4.69) is 17.6 Å². The van der Waals surface area contributed by atoms with E-state index in [1.165, 1.54) is 5.56 Å². The van der Waals surface area contributed by atoms with Gasteiger partial charge in [-0.15, -0.1) is 0 Å². The third-order valence-electron chi connectivity index (χ3n) is 6.16. The Morgan fingerprint density at radius 2 is 1.34 bits per heavy atom. The maximum atomic E-state index is 12.4. The highest BCUT2D eigenvalue weighted by Crippen LogP contribution is 2.28. The molecular formula is C28H36N2O5. The van der Waals surface area contributed by atoms with E-state index < -0.39 is 0 Å². The first-order valence-electron chi connectivity index (χ1n) is 12.6. The monoisotopic (exact) mass is 480 g/mol. The van der Waals surface area contributed by atoms with Gasteiger partial charge in [0.05, 0.1) is 18.6 Å². The zero-order chi connectivity index (χ0) is 25.0. The fraction of sp³-hybridized carbons (Fsp3) is 0.464. The molecule has 7 nitrogen and oxygen atoms in total. The standard InChI is InChI=1S/C28H36N2O5/c1-3-5-20-6-8-21(9-7-20)26(31)29-18-19-30-27(32)22-10-14-24(15-11-22)35-25-16-12-23(13-17-25)28(33)34-4-2/h6-11,14-15,23,25H,3-5,12-13,16-19H2,1-2H3,(H,29,31)(H,30,32)/t23-,25+. The van der Waals surface area contributed by atoms with Crippen LogP contribution in [0.5, 0.6) is 5.75 Å². The lowest BCUT2D eigenvalue weighted by Gasteiger charge is -2.27. The molecule has 0 radical (unpaired) electrons. The van der Waals surface area contributed by atoms with E-state index in [4.69, 9.17) is 9.47 Å². The number of ether oxygens (including phenoxy) is 2. The highest BCUT2D eigenvalue weighted by atomic mass is 16.5. The molecule has 0 unspecified atom stereocenters. The summed E-state index contributed by atoms with van der Waals surface area (Å²) in [6.45, 7) is 5.04. The molecule has 1 saturated carbocycles. The molecule has 3 rings (SSSR count). The van der Waals surface area contributed by atoms with Crippen LogP contribution in [0.2, 0.25) is 0 Å². The number of rotatable bonds is 11. The van der Waals surface area contributed by atoms with Crippen molar-refractivity contribution < 1.29 is 23.9 Å². The van der Waals surface area contributed by atoms with Crippen LogP contribution >= 0.6 is 0 Å². The molecule has 7 heteroatoms. The summed E-state index contributed by atoms with van der Waals surface area (Å²) >= 11 is 0. The highest BCUT2D eigenvalue weighted by Gasteiger charge is 2.28. The van der Waals surface area contributed by atoms with Crippen LogP contribution in [0.1, 0.15) is 72.2 Å². The Labute approximate surface area is 207 Å². The van der Waals surface area contributed by atoms with E-state index in [9.17, 15) is 14.4 Å². The molecule has 0 spiro atoms. The molecule has 188 valence electrons. The highest BCUT2D eigenvalue weighted by molar-refractivity contribution is 5.95. The minimum Gasteiger partial charge on any atom is -0.490 e. The van der Waals surface area contributed by atoms with E-state index in [-0.39, 0.29) is 29.8 Å². The second kappa shape index (κ2) is 13.5. The molecule has 35 heavy (non-hydrogen) atoms. The zero-order valence-corrected chi connectivity index (χ0v) is 20.7. The van der Waals surface area contributed by atoms with Crippen LogP contribution < -0.4 is 15.4 Å². The molecule has 0 atom stereocenters. The zero-order valence-electron chi connectivity index (χ0n) is 20.7. The molecule has 0 saturated heterocycles. The van der Waals surface area contributed by atoms with Gasteiger partial charge >= 0.3 is 5.97 Å². The Hall–Kier alpha value is -3.35. The molecule has 2 aromatic carbocycles. The lowest BCUT2D eigenvalue weighted by atomic mass is 9.87. The fourth-order valence-electron chi connectivity index (χ4n) is 4.22. The van der Waals surface area contributed by atoms with Crippen molar-refractivity contribution in [2.45, 2.75) is 58.5 Å². The molecule has 2 N–H and O–H groups in total. The summed E-state index contributed by atoms with van der Waals surface area (Å²) in [5.41, 5.74) is 2.36. The first-order valence-corrected chi connectivity index (χ1v) is 12.6. The van der Waals surface area contributed by atoms with Crippen molar-refractivity contribution in [1.29, 1.82) is 0 Å². The predicted octanol–water partition coefficient (Wildman–Crippen LogP) is 4.30. The summed E-state index contributed by atoms with van der Waals surface area (Å²) in [7, 11) is 0. The summed E-state index contributed by atoms with van der Waals surface area (Å²) in [5, 5.41) is 5.65. The quantitative estimate of drug-likeness (QED) is 0.369. The van der Waals surface area contributed by atoms with Crippen LogP contribution in [0.3, 0.4) is 0 Å². The summed E-state index contributed by atoms with van der Waals surface area (Å²) in [4.78, 5) is 36.5. The van der Waals surface area contributed by atoms with E-state index in [0.717, 1.165) is 38.5 Å². The average Bonchev–Trinajstić information content (AvgIpc) is 2.88. The summed E-state index contributed by atoms with van der Waals surface area (Å²) in [6, 6.07) is 14.6. The first-order chi connectivity index (χ1) is 17.0. The molecule has 2 amide bonds. The van der Waals surface area contributed by atoms with E-state index in [1.54, 1.807) is 24.3 Å². The van der Waals surface area contributed by atoms with E-state index in [0.29, 0.717) is 36.6 Å². The number of carbonyl (C=O) groups excluding carboxylic acids is 3. The SMILES string of the molecule is CCCc1ccc(C(=O)NCCNC(=O)c2ccc(O[C@H]3CC[C@@H](C(=O)OCC)CC3)cc2)cc1. The maximum absolute atomic E-state index is 12.4. The van der Waals surface area contributed by atoms with Gasteiger partial charge in [0.15, 0.2) is 0 Å². The molecule has 0 bridgehead atoms. The van der Waals surface area contributed by atoms with Crippen molar-refractivity contribution in [3.63, 3.8) is 0 Å². The Balaban J connectivity index is 1.36. The Morgan fingerprint density at radius 3 is 1.86 bits per heavy atom. The van der Waals surface area contributed by atoms with E-state index >= 15 is 0 Å². The van der Waals surface area contributed by atoms with Gasteiger partial charge in [-0.1, -0.05) is 25.5 Å². The van der Waals surface area contributed by atoms with Gasteiger partial charge in [0.25, 0.3) is 11.8 Å². The first kappa shape index (κ1) is 26.3. The van der Waals surface area contributed by atoms with Gasteiger partial charge in [-0.3, -0.25) is 14.4 Å². The van der Waals surface area contributed by atoms with Crippen LogP contribution in [0.25, 0.3) is 0 Å². The van der Waals surface area contributed by atoms with Gasteiger partial charge in [-0.2, -0.15) is 0 Å². The van der Waals surface area contributed by atoms with Crippen LogP contribution in [0.4, 0.5) is 0 Å².